The maximum absolute atomic E-state index is 14.1. The quantitative estimate of drug-likeness (QED) is 0.502. The van der Waals surface area contributed by atoms with E-state index in [1.165, 1.54) is 22.7 Å². The van der Waals surface area contributed by atoms with Gasteiger partial charge in [-0.2, -0.15) is 0 Å². The van der Waals surface area contributed by atoms with E-state index in [-0.39, 0.29) is 23.8 Å². The van der Waals surface area contributed by atoms with Crippen molar-refractivity contribution >= 4 is 15.9 Å². The number of likely N-dealkylation sites (N-methyl/N-ethyl adjacent to an activating group) is 1. The SMILES string of the molecule is CN(C(=O)CN1CCNCC1)C1CCN(CC[C@@H](c2cc(F)cc(F)c2)C2CCN(S(C)(=O)=O)CC2)CC1. The molecule has 1 N–H and O–H groups in total. The number of nitrogens with one attached hydrogen (secondary N) is 1. The second-order valence-corrected chi connectivity index (χ2v) is 13.2. The summed E-state index contributed by atoms with van der Waals surface area (Å²) in [5, 5.41) is 3.31. The standard InChI is InChI=1S/C27H43F2N5O3S/c1-31(27(35)20-33-15-8-30-9-16-33)25-5-10-32(11-6-25)12-7-26(22-17-23(28)19-24(29)18-22)21-3-13-34(14-4-21)38(2,36)37/h17-19,21,25-26,30H,3-16,20H2,1-2H3/t26-/m1/s1. The van der Waals surface area contributed by atoms with Crippen LogP contribution in [0.5, 0.6) is 0 Å². The Kier molecular flexibility index (Phi) is 10.1. The lowest BCUT2D eigenvalue weighted by Gasteiger charge is -2.39. The molecule has 4 rings (SSSR count). The van der Waals surface area contributed by atoms with Crippen molar-refractivity contribution in [2.24, 2.45) is 5.92 Å². The van der Waals surface area contributed by atoms with Gasteiger partial charge in [0, 0.05) is 71.5 Å². The van der Waals surface area contributed by atoms with Gasteiger partial charge in [0.05, 0.1) is 12.8 Å². The Hall–Kier alpha value is -1.66. The number of sulfonamides is 1. The van der Waals surface area contributed by atoms with Crippen LogP contribution < -0.4 is 5.32 Å². The summed E-state index contributed by atoms with van der Waals surface area (Å²) in [7, 11) is -1.32. The number of nitrogens with zero attached hydrogens (tertiary/aromatic N) is 4. The molecule has 214 valence electrons. The number of carbonyl (C=O) groups excluding carboxylic acids is 1. The van der Waals surface area contributed by atoms with Gasteiger partial charge in [0.25, 0.3) is 0 Å². The fourth-order valence-electron chi connectivity index (χ4n) is 6.30. The zero-order valence-electron chi connectivity index (χ0n) is 22.7. The molecule has 0 unspecified atom stereocenters. The van der Waals surface area contributed by atoms with Crippen LogP contribution in [0.4, 0.5) is 8.78 Å². The smallest absolute Gasteiger partial charge is 0.236 e. The second-order valence-electron chi connectivity index (χ2n) is 11.2. The number of rotatable bonds is 9. The van der Waals surface area contributed by atoms with E-state index < -0.39 is 21.7 Å². The molecule has 38 heavy (non-hydrogen) atoms. The largest absolute Gasteiger partial charge is 0.342 e. The van der Waals surface area contributed by atoms with Crippen LogP contribution in [0.3, 0.4) is 0 Å². The number of hydrogen-bond acceptors (Lipinski definition) is 6. The molecule has 1 aromatic carbocycles. The Morgan fingerprint density at radius 2 is 1.58 bits per heavy atom. The highest BCUT2D eigenvalue weighted by Gasteiger charge is 2.32. The number of amides is 1. The van der Waals surface area contributed by atoms with Gasteiger partial charge in [-0.25, -0.2) is 21.5 Å². The number of halogens is 2. The Morgan fingerprint density at radius 1 is 0.974 bits per heavy atom. The van der Waals surface area contributed by atoms with Gasteiger partial charge in [-0.05, 0) is 68.2 Å². The third kappa shape index (κ3) is 7.94. The minimum Gasteiger partial charge on any atom is -0.342 e. The van der Waals surface area contributed by atoms with E-state index in [0.717, 1.165) is 71.1 Å². The zero-order valence-corrected chi connectivity index (χ0v) is 23.6. The molecule has 0 saturated carbocycles. The summed E-state index contributed by atoms with van der Waals surface area (Å²) < 4.78 is 53.7. The van der Waals surface area contributed by atoms with Crippen LogP contribution in [0.15, 0.2) is 18.2 Å². The lowest BCUT2D eigenvalue weighted by molar-refractivity contribution is -0.134. The molecule has 3 saturated heterocycles. The third-order valence-corrected chi connectivity index (χ3v) is 9.98. The van der Waals surface area contributed by atoms with Gasteiger partial charge in [0.1, 0.15) is 11.6 Å². The number of benzene rings is 1. The molecule has 3 aliphatic rings. The van der Waals surface area contributed by atoms with Crippen LogP contribution in [0.25, 0.3) is 0 Å². The zero-order chi connectivity index (χ0) is 27.3. The lowest BCUT2D eigenvalue weighted by Crippen LogP contribution is -2.51. The topological polar surface area (TPSA) is 76.2 Å². The van der Waals surface area contributed by atoms with E-state index in [0.29, 0.717) is 38.0 Å². The summed E-state index contributed by atoms with van der Waals surface area (Å²) >= 11 is 0. The molecule has 0 aliphatic carbocycles. The summed E-state index contributed by atoms with van der Waals surface area (Å²) in [5.74, 6) is -0.844. The highest BCUT2D eigenvalue weighted by molar-refractivity contribution is 7.88. The van der Waals surface area contributed by atoms with Crippen molar-refractivity contribution in [3.05, 3.63) is 35.4 Å². The summed E-state index contributed by atoms with van der Waals surface area (Å²) in [4.78, 5) is 19.3. The van der Waals surface area contributed by atoms with E-state index in [1.807, 2.05) is 11.9 Å². The summed E-state index contributed by atoms with van der Waals surface area (Å²) in [6.45, 7) is 7.59. The maximum Gasteiger partial charge on any atom is 0.236 e. The minimum absolute atomic E-state index is 0.0390. The Bertz CT molecular complexity index is 1020. The number of likely N-dealkylation sites (tertiary alicyclic amines) is 1. The van der Waals surface area contributed by atoms with Gasteiger partial charge in [-0.1, -0.05) is 0 Å². The maximum atomic E-state index is 14.1. The monoisotopic (exact) mass is 555 g/mol. The Morgan fingerprint density at radius 3 is 2.16 bits per heavy atom. The highest BCUT2D eigenvalue weighted by Crippen LogP contribution is 2.37. The third-order valence-electron chi connectivity index (χ3n) is 8.67. The first kappa shape index (κ1) is 29.3. The average Bonchev–Trinajstić information content (AvgIpc) is 2.88. The first-order valence-corrected chi connectivity index (χ1v) is 15.8. The van der Waals surface area contributed by atoms with E-state index >= 15 is 0 Å². The predicted octanol–water partition coefficient (Wildman–Crippen LogP) is 1.94. The fraction of sp³-hybridized carbons (Fsp3) is 0.741. The van der Waals surface area contributed by atoms with Crippen LogP contribution in [-0.4, -0.2) is 118 Å². The molecule has 1 amide bonds. The van der Waals surface area contributed by atoms with Crippen molar-refractivity contribution in [1.82, 2.24) is 24.3 Å². The van der Waals surface area contributed by atoms with Gasteiger partial charge in [-0.3, -0.25) is 9.69 Å². The molecule has 3 heterocycles. The van der Waals surface area contributed by atoms with Crippen LogP contribution >= 0.6 is 0 Å². The van der Waals surface area contributed by atoms with Crippen LogP contribution in [0.2, 0.25) is 0 Å². The van der Waals surface area contributed by atoms with Crippen LogP contribution in [0.1, 0.15) is 43.6 Å². The van der Waals surface area contributed by atoms with Crippen molar-refractivity contribution in [1.29, 1.82) is 0 Å². The van der Waals surface area contributed by atoms with Gasteiger partial charge >= 0.3 is 0 Å². The van der Waals surface area contributed by atoms with Crippen molar-refractivity contribution in [2.75, 3.05) is 78.8 Å². The van der Waals surface area contributed by atoms with Crippen molar-refractivity contribution in [3.63, 3.8) is 0 Å². The van der Waals surface area contributed by atoms with E-state index in [4.69, 9.17) is 0 Å². The summed E-state index contributed by atoms with van der Waals surface area (Å²) in [6, 6.07) is 4.00. The molecule has 11 heteroatoms. The second kappa shape index (κ2) is 13.1. The normalized spacial score (nSPS) is 22.4. The number of piperazine rings is 1. The van der Waals surface area contributed by atoms with Gasteiger partial charge in [0.2, 0.25) is 15.9 Å². The fourth-order valence-corrected chi connectivity index (χ4v) is 7.18. The lowest BCUT2D eigenvalue weighted by atomic mass is 9.78. The molecule has 0 bridgehead atoms. The van der Waals surface area contributed by atoms with E-state index in [9.17, 15) is 22.0 Å². The molecule has 3 fully saturated rings. The number of hydrogen-bond donors (Lipinski definition) is 1. The summed E-state index contributed by atoms with van der Waals surface area (Å²) in [6.07, 6.45) is 5.17. The van der Waals surface area contributed by atoms with Gasteiger partial charge in [0.15, 0.2) is 0 Å². The Labute approximate surface area is 226 Å². The Balaban J connectivity index is 1.31. The molecule has 0 spiro atoms. The van der Waals surface area contributed by atoms with Crippen molar-refractivity contribution < 1.29 is 22.0 Å². The molecule has 3 aliphatic heterocycles. The predicted molar refractivity (Wildman–Crippen MR) is 144 cm³/mol. The van der Waals surface area contributed by atoms with E-state index in [2.05, 4.69) is 15.1 Å². The molecule has 1 aromatic rings. The molecule has 1 atom stereocenters. The van der Waals surface area contributed by atoms with Gasteiger partial charge in [-0.15, -0.1) is 0 Å². The van der Waals surface area contributed by atoms with Crippen molar-refractivity contribution in [2.45, 2.75) is 44.1 Å². The molecule has 0 radical (unpaired) electrons. The minimum atomic E-state index is -3.24. The van der Waals surface area contributed by atoms with Gasteiger partial charge < -0.3 is 15.1 Å². The number of piperidine rings is 2. The van der Waals surface area contributed by atoms with Crippen LogP contribution in [-0.2, 0) is 14.8 Å². The molecular formula is C27H43F2N5O3S. The summed E-state index contributed by atoms with van der Waals surface area (Å²) in [5.41, 5.74) is 0.661. The number of carbonyl (C=O) groups is 1. The van der Waals surface area contributed by atoms with Crippen molar-refractivity contribution in [3.8, 4) is 0 Å². The first-order valence-electron chi connectivity index (χ1n) is 13.9. The first-order chi connectivity index (χ1) is 18.1. The molecule has 0 aromatic heterocycles. The van der Waals surface area contributed by atoms with Crippen LogP contribution in [0, 0.1) is 17.6 Å². The average molecular weight is 556 g/mol. The molecular weight excluding hydrogens is 512 g/mol. The molecule has 8 nitrogen and oxygen atoms in total. The highest BCUT2D eigenvalue weighted by atomic mass is 32.2. The van der Waals surface area contributed by atoms with E-state index in [1.54, 1.807) is 0 Å².